The molecule has 22 heavy (non-hydrogen) atoms. The second-order valence-electron chi connectivity index (χ2n) is 5.49. The van der Waals surface area contributed by atoms with E-state index in [4.69, 9.17) is 9.47 Å². The largest absolute Gasteiger partial charge is 0.423 e. The summed E-state index contributed by atoms with van der Waals surface area (Å²) in [5, 5.41) is 0. The average molecular weight is 306 g/mol. The van der Waals surface area contributed by atoms with E-state index in [2.05, 4.69) is 6.92 Å². The second-order valence-corrected chi connectivity index (χ2v) is 5.49. The fraction of sp³-hybridized carbons (Fsp3) is 0.556. The van der Waals surface area contributed by atoms with Crippen LogP contribution in [0.2, 0.25) is 0 Å². The van der Waals surface area contributed by atoms with Crippen LogP contribution in [0.25, 0.3) is 0 Å². The standard InChI is InChI=1S/C18H26O4/c1-4-5-6-7-8-9-10-16-11-12-17(21-14(2)19)18(13-16)22-15(3)20/h11-13H,4-10H2,1-3H3. The minimum Gasteiger partial charge on any atom is -0.423 e. The van der Waals surface area contributed by atoms with E-state index < -0.39 is 11.9 Å². The van der Waals surface area contributed by atoms with Gasteiger partial charge in [0.05, 0.1) is 0 Å². The van der Waals surface area contributed by atoms with Gasteiger partial charge < -0.3 is 9.47 Å². The van der Waals surface area contributed by atoms with E-state index in [1.165, 1.54) is 46.0 Å². The maximum Gasteiger partial charge on any atom is 0.308 e. The lowest BCUT2D eigenvalue weighted by Crippen LogP contribution is -2.07. The topological polar surface area (TPSA) is 52.6 Å². The minimum absolute atomic E-state index is 0.286. The first-order valence-electron chi connectivity index (χ1n) is 8.02. The van der Waals surface area contributed by atoms with E-state index in [-0.39, 0.29) is 5.75 Å². The van der Waals surface area contributed by atoms with E-state index in [9.17, 15) is 9.59 Å². The number of hydrogen-bond acceptors (Lipinski definition) is 4. The summed E-state index contributed by atoms with van der Waals surface area (Å²) in [7, 11) is 0. The molecule has 4 nitrogen and oxygen atoms in total. The summed E-state index contributed by atoms with van der Waals surface area (Å²) in [4.78, 5) is 22.2. The fourth-order valence-corrected chi connectivity index (χ4v) is 2.29. The normalized spacial score (nSPS) is 10.3. The number of ether oxygens (including phenoxy) is 2. The van der Waals surface area contributed by atoms with Crippen molar-refractivity contribution in [3.63, 3.8) is 0 Å². The maximum atomic E-state index is 11.2. The van der Waals surface area contributed by atoms with Crippen molar-refractivity contribution in [1.82, 2.24) is 0 Å². The highest BCUT2D eigenvalue weighted by Crippen LogP contribution is 2.29. The monoisotopic (exact) mass is 306 g/mol. The number of carbonyl (C=O) groups excluding carboxylic acids is 2. The van der Waals surface area contributed by atoms with Crippen molar-refractivity contribution in [3.8, 4) is 11.5 Å². The van der Waals surface area contributed by atoms with Gasteiger partial charge in [-0.3, -0.25) is 9.59 Å². The summed E-state index contributed by atoms with van der Waals surface area (Å²) in [6.45, 7) is 4.86. The van der Waals surface area contributed by atoms with Gasteiger partial charge >= 0.3 is 11.9 Å². The van der Waals surface area contributed by atoms with Crippen LogP contribution in [0, 0.1) is 0 Å². The first kappa shape index (κ1) is 18.2. The van der Waals surface area contributed by atoms with Gasteiger partial charge in [0, 0.05) is 13.8 Å². The van der Waals surface area contributed by atoms with Crippen LogP contribution in [-0.2, 0) is 16.0 Å². The highest BCUT2D eigenvalue weighted by atomic mass is 16.6. The van der Waals surface area contributed by atoms with Crippen LogP contribution in [-0.4, -0.2) is 11.9 Å². The molecule has 0 fully saturated rings. The van der Waals surface area contributed by atoms with Gasteiger partial charge in [-0.1, -0.05) is 45.1 Å². The van der Waals surface area contributed by atoms with E-state index >= 15 is 0 Å². The Balaban J connectivity index is 2.60. The molecule has 122 valence electrons. The Bertz CT molecular complexity index is 494. The van der Waals surface area contributed by atoms with Gasteiger partial charge in [-0.15, -0.1) is 0 Å². The summed E-state index contributed by atoms with van der Waals surface area (Å²) in [6.07, 6.45) is 8.35. The molecule has 0 unspecified atom stereocenters. The zero-order valence-corrected chi connectivity index (χ0v) is 13.8. The zero-order valence-electron chi connectivity index (χ0n) is 13.8. The molecule has 0 radical (unpaired) electrons. The molecule has 0 amide bonds. The van der Waals surface area contributed by atoms with Crippen LogP contribution in [0.15, 0.2) is 18.2 Å². The van der Waals surface area contributed by atoms with Crippen molar-refractivity contribution >= 4 is 11.9 Å². The van der Waals surface area contributed by atoms with Gasteiger partial charge in [0.2, 0.25) is 0 Å². The molecule has 0 atom stereocenters. The Kier molecular flexibility index (Phi) is 8.26. The Labute approximate surface area is 132 Å². The van der Waals surface area contributed by atoms with Gasteiger partial charge in [0.1, 0.15) is 0 Å². The minimum atomic E-state index is -0.433. The lowest BCUT2D eigenvalue weighted by atomic mass is 10.0. The predicted molar refractivity (Wildman–Crippen MR) is 86.1 cm³/mol. The van der Waals surface area contributed by atoms with Crippen molar-refractivity contribution in [2.24, 2.45) is 0 Å². The number of unbranched alkanes of at least 4 members (excludes halogenated alkanes) is 5. The molecule has 0 saturated heterocycles. The first-order valence-corrected chi connectivity index (χ1v) is 8.02. The molecular formula is C18H26O4. The summed E-state index contributed by atoms with van der Waals surface area (Å²) in [6, 6.07) is 5.38. The predicted octanol–water partition coefficient (Wildman–Crippen LogP) is 4.44. The fourth-order valence-electron chi connectivity index (χ4n) is 2.29. The Morgan fingerprint density at radius 1 is 0.864 bits per heavy atom. The summed E-state index contributed by atoms with van der Waals surface area (Å²) in [5.41, 5.74) is 1.09. The highest BCUT2D eigenvalue weighted by Gasteiger charge is 2.11. The van der Waals surface area contributed by atoms with Gasteiger partial charge in [-0.25, -0.2) is 0 Å². The quantitative estimate of drug-likeness (QED) is 0.384. The van der Waals surface area contributed by atoms with Crippen LogP contribution in [0.1, 0.15) is 64.9 Å². The van der Waals surface area contributed by atoms with Gasteiger partial charge in [0.25, 0.3) is 0 Å². The van der Waals surface area contributed by atoms with Gasteiger partial charge in [-0.05, 0) is 30.5 Å². The highest BCUT2D eigenvalue weighted by molar-refractivity contribution is 5.73. The first-order chi connectivity index (χ1) is 10.5. The molecule has 0 N–H and O–H groups in total. The molecular weight excluding hydrogens is 280 g/mol. The van der Waals surface area contributed by atoms with Crippen LogP contribution >= 0.6 is 0 Å². The Morgan fingerprint density at radius 3 is 2.09 bits per heavy atom. The molecule has 0 bridgehead atoms. The molecule has 0 spiro atoms. The Morgan fingerprint density at radius 2 is 1.45 bits per heavy atom. The number of carbonyl (C=O) groups is 2. The number of esters is 2. The van der Waals surface area contributed by atoms with Crippen molar-refractivity contribution in [2.75, 3.05) is 0 Å². The third-order valence-corrected chi connectivity index (χ3v) is 3.33. The number of benzene rings is 1. The SMILES string of the molecule is CCCCCCCCc1ccc(OC(C)=O)c(OC(C)=O)c1. The van der Waals surface area contributed by atoms with Crippen molar-refractivity contribution < 1.29 is 19.1 Å². The van der Waals surface area contributed by atoms with Crippen LogP contribution in [0.4, 0.5) is 0 Å². The molecule has 0 saturated carbocycles. The van der Waals surface area contributed by atoms with E-state index in [1.807, 2.05) is 6.07 Å². The number of hydrogen-bond donors (Lipinski definition) is 0. The second kappa shape index (κ2) is 9.98. The molecule has 0 aromatic heterocycles. The molecule has 4 heteroatoms. The molecule has 1 aromatic carbocycles. The molecule has 1 rings (SSSR count). The molecule has 0 aliphatic rings. The van der Waals surface area contributed by atoms with Gasteiger partial charge in [0.15, 0.2) is 11.5 Å². The lowest BCUT2D eigenvalue weighted by Gasteiger charge is -2.10. The summed E-state index contributed by atoms with van der Waals surface area (Å²) >= 11 is 0. The van der Waals surface area contributed by atoms with Crippen molar-refractivity contribution in [1.29, 1.82) is 0 Å². The third kappa shape index (κ3) is 7.25. The van der Waals surface area contributed by atoms with E-state index in [0.717, 1.165) is 18.4 Å². The lowest BCUT2D eigenvalue weighted by molar-refractivity contribution is -0.134. The zero-order chi connectivity index (χ0) is 16.4. The summed E-state index contributed by atoms with van der Waals surface area (Å²) < 4.78 is 10.2. The van der Waals surface area contributed by atoms with E-state index in [1.54, 1.807) is 12.1 Å². The molecule has 0 aliphatic heterocycles. The summed E-state index contributed by atoms with van der Waals surface area (Å²) in [5.74, 6) is -0.261. The average Bonchev–Trinajstić information content (AvgIpc) is 2.44. The molecule has 0 aliphatic carbocycles. The number of aryl methyl sites for hydroxylation is 1. The van der Waals surface area contributed by atoms with Crippen molar-refractivity contribution in [2.45, 2.75) is 65.7 Å². The smallest absolute Gasteiger partial charge is 0.308 e. The third-order valence-electron chi connectivity index (χ3n) is 3.33. The van der Waals surface area contributed by atoms with Crippen LogP contribution in [0.3, 0.4) is 0 Å². The van der Waals surface area contributed by atoms with Crippen LogP contribution < -0.4 is 9.47 Å². The Hall–Kier alpha value is -1.84. The van der Waals surface area contributed by atoms with Gasteiger partial charge in [-0.2, -0.15) is 0 Å². The maximum absolute atomic E-state index is 11.2. The number of rotatable bonds is 9. The van der Waals surface area contributed by atoms with E-state index in [0.29, 0.717) is 5.75 Å². The molecule has 1 aromatic rings. The molecule has 0 heterocycles. The van der Waals surface area contributed by atoms with Crippen LogP contribution in [0.5, 0.6) is 11.5 Å². The van der Waals surface area contributed by atoms with Crippen molar-refractivity contribution in [3.05, 3.63) is 23.8 Å².